The number of urea groups is 1. The number of para-hydroxylation sites is 1. The second-order valence-electron chi connectivity index (χ2n) is 8.48. The highest BCUT2D eigenvalue weighted by Crippen LogP contribution is 2.28. The minimum absolute atomic E-state index is 0.0848. The molecule has 1 saturated heterocycles. The van der Waals surface area contributed by atoms with Crippen molar-refractivity contribution in [2.45, 2.75) is 27.2 Å². The highest BCUT2D eigenvalue weighted by molar-refractivity contribution is 6.39. The van der Waals surface area contributed by atoms with Crippen molar-refractivity contribution < 1.29 is 14.4 Å². The van der Waals surface area contributed by atoms with E-state index in [9.17, 15) is 14.4 Å². The normalized spacial score (nSPS) is 15.2. The third-order valence-electron chi connectivity index (χ3n) is 6.33. The van der Waals surface area contributed by atoms with Crippen LogP contribution in [0.3, 0.4) is 0 Å². The van der Waals surface area contributed by atoms with Crippen molar-refractivity contribution in [3.8, 4) is 5.69 Å². The zero-order chi connectivity index (χ0) is 24.7. The first-order valence-corrected chi connectivity index (χ1v) is 11.4. The zero-order valence-corrected chi connectivity index (χ0v) is 19.7. The summed E-state index contributed by atoms with van der Waals surface area (Å²) in [6.45, 7) is 5.86. The third-order valence-corrected chi connectivity index (χ3v) is 6.33. The number of amides is 4. The molecule has 3 heterocycles. The van der Waals surface area contributed by atoms with E-state index >= 15 is 0 Å². The Hall–Kier alpha value is -4.52. The molecular weight excluding hydrogens is 440 g/mol. The van der Waals surface area contributed by atoms with Crippen LogP contribution in [0.25, 0.3) is 22.7 Å². The number of barbiturate groups is 1. The Morgan fingerprint density at radius 2 is 1.77 bits per heavy atom. The van der Waals surface area contributed by atoms with Gasteiger partial charge >= 0.3 is 6.03 Å². The predicted octanol–water partition coefficient (Wildman–Crippen LogP) is 4.87. The lowest BCUT2D eigenvalue weighted by Gasteiger charge is -2.28. The fraction of sp³-hybridized carbons (Fsp3) is 0.143. The van der Waals surface area contributed by atoms with Crippen molar-refractivity contribution in [2.75, 3.05) is 4.90 Å². The number of nitrogens with zero attached hydrogens (tertiary/aromatic N) is 3. The third kappa shape index (κ3) is 3.81. The van der Waals surface area contributed by atoms with E-state index in [4.69, 9.17) is 0 Å². The maximum absolute atomic E-state index is 13.4. The fourth-order valence-corrected chi connectivity index (χ4v) is 4.59. The van der Waals surface area contributed by atoms with E-state index < -0.39 is 17.8 Å². The average molecular weight is 465 g/mol. The van der Waals surface area contributed by atoms with E-state index in [0.29, 0.717) is 12.1 Å². The van der Waals surface area contributed by atoms with Gasteiger partial charge in [0.15, 0.2) is 0 Å². The molecule has 1 fully saturated rings. The molecule has 0 atom stereocenters. The Balaban J connectivity index is 1.57. The van der Waals surface area contributed by atoms with Gasteiger partial charge in [0.1, 0.15) is 5.57 Å². The Bertz CT molecular complexity index is 1550. The number of rotatable bonds is 4. The Morgan fingerprint density at radius 3 is 2.57 bits per heavy atom. The summed E-state index contributed by atoms with van der Waals surface area (Å²) in [6, 6.07) is 18.3. The van der Waals surface area contributed by atoms with Crippen LogP contribution >= 0.6 is 0 Å². The van der Waals surface area contributed by atoms with Gasteiger partial charge in [0.05, 0.1) is 11.2 Å². The van der Waals surface area contributed by atoms with Gasteiger partial charge in [0, 0.05) is 28.7 Å². The van der Waals surface area contributed by atoms with E-state index in [1.54, 1.807) is 24.4 Å². The SMILES string of the molecule is CCc1ccccc1N1C(=O)NC(=O)/C(=C\c2cc(C)n(-c3ccc4ncccc4c3)c2C)C1=O. The van der Waals surface area contributed by atoms with Crippen LogP contribution in [-0.4, -0.2) is 27.4 Å². The molecule has 0 radical (unpaired) electrons. The van der Waals surface area contributed by atoms with Crippen molar-refractivity contribution in [1.29, 1.82) is 0 Å². The number of anilines is 1. The van der Waals surface area contributed by atoms with Gasteiger partial charge in [-0.05, 0) is 73.9 Å². The van der Waals surface area contributed by atoms with E-state index in [1.165, 1.54) is 0 Å². The number of pyridine rings is 1. The number of benzene rings is 2. The van der Waals surface area contributed by atoms with Gasteiger partial charge in [0.25, 0.3) is 11.8 Å². The summed E-state index contributed by atoms with van der Waals surface area (Å²) in [5, 5.41) is 3.33. The molecule has 1 N–H and O–H groups in total. The van der Waals surface area contributed by atoms with E-state index in [-0.39, 0.29) is 5.57 Å². The van der Waals surface area contributed by atoms with Gasteiger partial charge in [-0.1, -0.05) is 31.2 Å². The first-order valence-electron chi connectivity index (χ1n) is 11.4. The van der Waals surface area contributed by atoms with Crippen molar-refractivity contribution >= 4 is 40.5 Å². The lowest BCUT2D eigenvalue weighted by molar-refractivity contribution is -0.122. The Morgan fingerprint density at radius 1 is 0.971 bits per heavy atom. The number of hydrogen-bond donors (Lipinski definition) is 1. The number of nitrogens with one attached hydrogen (secondary N) is 1. The summed E-state index contributed by atoms with van der Waals surface area (Å²) < 4.78 is 2.07. The summed E-state index contributed by atoms with van der Waals surface area (Å²) in [5.41, 5.74) is 5.64. The minimum atomic E-state index is -0.742. The first-order chi connectivity index (χ1) is 16.9. The molecule has 0 unspecified atom stereocenters. The number of carbonyl (C=O) groups is 3. The summed E-state index contributed by atoms with van der Waals surface area (Å²) in [4.78, 5) is 44.2. The molecule has 35 heavy (non-hydrogen) atoms. The number of hydrogen-bond acceptors (Lipinski definition) is 4. The molecule has 0 saturated carbocycles. The van der Waals surface area contributed by atoms with Crippen LogP contribution in [-0.2, 0) is 16.0 Å². The topological polar surface area (TPSA) is 84.3 Å². The maximum Gasteiger partial charge on any atom is 0.335 e. The van der Waals surface area contributed by atoms with E-state index in [1.807, 2.05) is 63.2 Å². The van der Waals surface area contributed by atoms with E-state index in [0.717, 1.165) is 44.0 Å². The maximum atomic E-state index is 13.4. The lowest BCUT2D eigenvalue weighted by atomic mass is 10.0. The lowest BCUT2D eigenvalue weighted by Crippen LogP contribution is -2.54. The smallest absolute Gasteiger partial charge is 0.318 e. The molecule has 174 valence electrons. The summed E-state index contributed by atoms with van der Waals surface area (Å²) in [5.74, 6) is -1.34. The molecular formula is C28H24N4O3. The van der Waals surface area contributed by atoms with Gasteiger partial charge in [-0.3, -0.25) is 19.9 Å². The van der Waals surface area contributed by atoms with Gasteiger partial charge in [-0.15, -0.1) is 0 Å². The molecule has 4 amide bonds. The van der Waals surface area contributed by atoms with Gasteiger partial charge in [0.2, 0.25) is 0 Å². The summed E-state index contributed by atoms with van der Waals surface area (Å²) >= 11 is 0. The second kappa shape index (κ2) is 8.68. The molecule has 7 heteroatoms. The van der Waals surface area contributed by atoms with Crippen LogP contribution in [0.2, 0.25) is 0 Å². The van der Waals surface area contributed by atoms with E-state index in [2.05, 4.69) is 20.9 Å². The number of aryl methyl sites for hydroxylation is 2. The highest BCUT2D eigenvalue weighted by atomic mass is 16.2. The van der Waals surface area contributed by atoms with Crippen molar-refractivity contribution in [3.05, 3.63) is 94.9 Å². The van der Waals surface area contributed by atoms with Crippen LogP contribution < -0.4 is 10.2 Å². The quantitative estimate of drug-likeness (QED) is 0.345. The number of aromatic nitrogens is 2. The fourth-order valence-electron chi connectivity index (χ4n) is 4.59. The highest BCUT2D eigenvalue weighted by Gasteiger charge is 2.37. The van der Waals surface area contributed by atoms with Crippen LogP contribution in [0.1, 0.15) is 29.4 Å². The Labute approximate surface area is 202 Å². The predicted molar refractivity (Wildman–Crippen MR) is 135 cm³/mol. The number of imide groups is 2. The molecule has 2 aromatic heterocycles. The van der Waals surface area contributed by atoms with Crippen molar-refractivity contribution in [2.24, 2.45) is 0 Å². The zero-order valence-electron chi connectivity index (χ0n) is 19.7. The Kier molecular flexibility index (Phi) is 5.53. The number of carbonyl (C=O) groups excluding carboxylic acids is 3. The van der Waals surface area contributed by atoms with Crippen molar-refractivity contribution in [3.63, 3.8) is 0 Å². The second-order valence-corrected chi connectivity index (χ2v) is 8.48. The monoisotopic (exact) mass is 464 g/mol. The standard InChI is InChI=1S/C28H24N4O3/c1-4-19-8-5-6-10-25(19)32-27(34)23(26(33)30-28(32)35)16-21-14-17(2)31(18(21)3)22-11-12-24-20(15-22)9-7-13-29-24/h5-16H,4H2,1-3H3,(H,30,33,35)/b23-16+. The molecule has 0 bridgehead atoms. The van der Waals surface area contributed by atoms with Crippen LogP contribution in [0.15, 0.2) is 72.4 Å². The molecule has 5 rings (SSSR count). The van der Waals surface area contributed by atoms with Crippen molar-refractivity contribution in [1.82, 2.24) is 14.9 Å². The molecule has 4 aromatic rings. The van der Waals surface area contributed by atoms with Crippen LogP contribution in [0.5, 0.6) is 0 Å². The minimum Gasteiger partial charge on any atom is -0.318 e. The molecule has 7 nitrogen and oxygen atoms in total. The largest absolute Gasteiger partial charge is 0.335 e. The van der Waals surface area contributed by atoms with Gasteiger partial charge in [-0.25, -0.2) is 9.69 Å². The summed E-state index contributed by atoms with van der Waals surface area (Å²) in [6.07, 6.45) is 3.97. The molecule has 0 spiro atoms. The van der Waals surface area contributed by atoms with Crippen LogP contribution in [0, 0.1) is 13.8 Å². The summed E-state index contributed by atoms with van der Waals surface area (Å²) in [7, 11) is 0. The first kappa shape index (κ1) is 22.3. The molecule has 1 aliphatic rings. The number of fused-ring (bicyclic) bond motifs is 1. The van der Waals surface area contributed by atoms with Gasteiger partial charge in [-0.2, -0.15) is 0 Å². The molecule has 0 aliphatic carbocycles. The van der Waals surface area contributed by atoms with Gasteiger partial charge < -0.3 is 4.57 Å². The molecule has 1 aliphatic heterocycles. The van der Waals surface area contributed by atoms with Crippen LogP contribution in [0.4, 0.5) is 10.5 Å². The molecule has 2 aromatic carbocycles. The average Bonchev–Trinajstić information content (AvgIpc) is 3.14.